The molecule has 0 spiro atoms. The van der Waals surface area contributed by atoms with E-state index in [-0.39, 0.29) is 17.4 Å². The SMILES string of the molecule is CCNS(=O)(=O)CCNCCN(C(=O)OC(C)(C)C)C(C)(C)C. The van der Waals surface area contributed by atoms with Gasteiger partial charge in [0.1, 0.15) is 5.60 Å². The van der Waals surface area contributed by atoms with Gasteiger partial charge in [0.05, 0.1) is 5.75 Å². The monoisotopic (exact) mass is 351 g/mol. The number of rotatable bonds is 8. The molecule has 0 rings (SSSR count). The van der Waals surface area contributed by atoms with Crippen LogP contribution >= 0.6 is 0 Å². The molecule has 0 aliphatic rings. The number of amides is 1. The second-order valence-corrected chi connectivity index (χ2v) is 9.30. The zero-order valence-electron chi connectivity index (χ0n) is 15.5. The molecular weight excluding hydrogens is 318 g/mol. The van der Waals surface area contributed by atoms with E-state index in [4.69, 9.17) is 4.74 Å². The Morgan fingerprint density at radius 1 is 1.09 bits per heavy atom. The molecule has 0 fully saturated rings. The van der Waals surface area contributed by atoms with Crippen molar-refractivity contribution < 1.29 is 17.9 Å². The summed E-state index contributed by atoms with van der Waals surface area (Å²) in [5.74, 6) is 0.0167. The molecule has 7 nitrogen and oxygen atoms in total. The first-order valence-electron chi connectivity index (χ1n) is 7.97. The Bertz CT molecular complexity index is 464. The molecule has 0 bridgehead atoms. The summed E-state index contributed by atoms with van der Waals surface area (Å²) in [4.78, 5) is 13.9. The van der Waals surface area contributed by atoms with Crippen LogP contribution in [0.5, 0.6) is 0 Å². The van der Waals surface area contributed by atoms with E-state index < -0.39 is 15.6 Å². The van der Waals surface area contributed by atoms with Crippen LogP contribution in [0.2, 0.25) is 0 Å². The summed E-state index contributed by atoms with van der Waals surface area (Å²) in [5, 5.41) is 3.05. The van der Waals surface area contributed by atoms with Crippen molar-refractivity contribution in [1.29, 1.82) is 0 Å². The lowest BCUT2D eigenvalue weighted by Gasteiger charge is -2.36. The normalized spacial score (nSPS) is 13.0. The van der Waals surface area contributed by atoms with Crippen LogP contribution in [0.25, 0.3) is 0 Å². The molecule has 0 saturated heterocycles. The molecule has 138 valence electrons. The van der Waals surface area contributed by atoms with Crippen LogP contribution in [-0.4, -0.2) is 62.5 Å². The molecule has 1 amide bonds. The van der Waals surface area contributed by atoms with E-state index in [1.165, 1.54) is 0 Å². The highest BCUT2D eigenvalue weighted by Crippen LogP contribution is 2.17. The van der Waals surface area contributed by atoms with Gasteiger partial charge in [0.15, 0.2) is 0 Å². The predicted molar refractivity (Wildman–Crippen MR) is 93.0 cm³/mol. The average molecular weight is 352 g/mol. The minimum Gasteiger partial charge on any atom is -0.444 e. The van der Waals surface area contributed by atoms with Crippen molar-refractivity contribution in [3.8, 4) is 0 Å². The zero-order chi connectivity index (χ0) is 18.3. The van der Waals surface area contributed by atoms with Crippen molar-refractivity contribution in [2.45, 2.75) is 59.6 Å². The Balaban J connectivity index is 4.41. The zero-order valence-corrected chi connectivity index (χ0v) is 16.3. The van der Waals surface area contributed by atoms with Gasteiger partial charge in [-0.05, 0) is 41.5 Å². The standard InChI is InChI=1S/C15H33N3O4S/c1-8-17-23(20,21)12-10-16-9-11-18(14(2,3)4)13(19)22-15(5,6)7/h16-17H,8-12H2,1-7H3. The van der Waals surface area contributed by atoms with Gasteiger partial charge in [-0.1, -0.05) is 6.92 Å². The largest absolute Gasteiger partial charge is 0.444 e. The summed E-state index contributed by atoms with van der Waals surface area (Å²) in [5.41, 5.74) is -0.923. The van der Waals surface area contributed by atoms with Crippen LogP contribution in [0, 0.1) is 0 Å². The molecule has 2 N–H and O–H groups in total. The minimum absolute atomic E-state index is 0.0167. The molecule has 0 saturated carbocycles. The van der Waals surface area contributed by atoms with E-state index in [9.17, 15) is 13.2 Å². The third-order valence-corrected chi connectivity index (χ3v) is 4.32. The van der Waals surface area contributed by atoms with Crippen LogP contribution in [0.15, 0.2) is 0 Å². The number of sulfonamides is 1. The number of carbonyl (C=O) groups excluding carboxylic acids is 1. The number of hydrogen-bond donors (Lipinski definition) is 2. The minimum atomic E-state index is -3.22. The molecule has 0 aliphatic heterocycles. The molecule has 0 radical (unpaired) electrons. The van der Waals surface area contributed by atoms with Gasteiger partial charge in [0.2, 0.25) is 10.0 Å². The lowest BCUT2D eigenvalue weighted by molar-refractivity contribution is 0.00668. The summed E-state index contributed by atoms with van der Waals surface area (Å²) in [6.07, 6.45) is -0.368. The Kier molecular flexibility index (Phi) is 8.51. The number of carbonyl (C=O) groups is 1. The smallest absolute Gasteiger partial charge is 0.410 e. The highest BCUT2D eigenvalue weighted by atomic mass is 32.2. The second kappa shape index (κ2) is 8.84. The molecule has 0 atom stereocenters. The topological polar surface area (TPSA) is 87.7 Å². The fourth-order valence-electron chi connectivity index (χ4n) is 1.83. The van der Waals surface area contributed by atoms with Crippen LogP contribution < -0.4 is 10.0 Å². The fraction of sp³-hybridized carbons (Fsp3) is 0.933. The third kappa shape index (κ3) is 10.5. The van der Waals surface area contributed by atoms with Crippen LogP contribution in [-0.2, 0) is 14.8 Å². The molecular formula is C15H33N3O4S. The maximum absolute atomic E-state index is 12.3. The summed E-state index contributed by atoms with van der Waals surface area (Å²) in [7, 11) is -3.22. The Morgan fingerprint density at radius 2 is 1.65 bits per heavy atom. The molecule has 8 heteroatoms. The van der Waals surface area contributed by atoms with Gasteiger partial charge in [-0.3, -0.25) is 0 Å². The Morgan fingerprint density at radius 3 is 2.09 bits per heavy atom. The quantitative estimate of drug-likeness (QED) is 0.648. The van der Waals surface area contributed by atoms with Gasteiger partial charge < -0.3 is 15.0 Å². The van der Waals surface area contributed by atoms with Crippen molar-refractivity contribution in [2.75, 3.05) is 31.9 Å². The first-order chi connectivity index (χ1) is 10.3. The summed E-state index contributed by atoms with van der Waals surface area (Å²) < 4.78 is 30.9. The lowest BCUT2D eigenvalue weighted by Crippen LogP contribution is -2.50. The van der Waals surface area contributed by atoms with Crippen molar-refractivity contribution >= 4 is 16.1 Å². The summed E-state index contributed by atoms with van der Waals surface area (Å²) in [6.45, 7) is 14.7. The molecule has 0 aromatic heterocycles. The molecule has 0 aromatic carbocycles. The first kappa shape index (κ1) is 22.1. The lowest BCUT2D eigenvalue weighted by atomic mass is 10.1. The molecule has 0 aliphatic carbocycles. The van der Waals surface area contributed by atoms with Gasteiger partial charge >= 0.3 is 6.09 Å². The van der Waals surface area contributed by atoms with Gasteiger partial charge in [-0.25, -0.2) is 17.9 Å². The maximum atomic E-state index is 12.3. The van der Waals surface area contributed by atoms with E-state index in [0.29, 0.717) is 26.2 Å². The van der Waals surface area contributed by atoms with E-state index >= 15 is 0 Å². The molecule has 0 unspecified atom stereocenters. The van der Waals surface area contributed by atoms with Crippen molar-refractivity contribution in [1.82, 2.24) is 14.9 Å². The van der Waals surface area contributed by atoms with E-state index in [2.05, 4.69) is 10.0 Å². The van der Waals surface area contributed by atoms with E-state index in [1.807, 2.05) is 41.5 Å². The average Bonchev–Trinajstić information content (AvgIpc) is 2.29. The Hall–Kier alpha value is -0.860. The van der Waals surface area contributed by atoms with Gasteiger partial charge in [0.25, 0.3) is 0 Å². The molecule has 0 aromatic rings. The van der Waals surface area contributed by atoms with Crippen molar-refractivity contribution in [3.05, 3.63) is 0 Å². The van der Waals surface area contributed by atoms with E-state index in [0.717, 1.165) is 0 Å². The first-order valence-corrected chi connectivity index (χ1v) is 9.62. The van der Waals surface area contributed by atoms with Gasteiger partial charge in [-0.15, -0.1) is 0 Å². The highest BCUT2D eigenvalue weighted by molar-refractivity contribution is 7.89. The number of nitrogens with zero attached hydrogens (tertiary/aromatic N) is 1. The number of ether oxygens (including phenoxy) is 1. The summed E-state index contributed by atoms with van der Waals surface area (Å²) in [6, 6.07) is 0. The molecule has 23 heavy (non-hydrogen) atoms. The number of nitrogens with one attached hydrogen (secondary N) is 2. The van der Waals surface area contributed by atoms with Gasteiger partial charge in [0, 0.05) is 31.7 Å². The summed E-state index contributed by atoms with van der Waals surface area (Å²) >= 11 is 0. The second-order valence-electron chi connectivity index (χ2n) is 7.37. The van der Waals surface area contributed by atoms with Crippen LogP contribution in [0.3, 0.4) is 0 Å². The number of hydrogen-bond acceptors (Lipinski definition) is 5. The van der Waals surface area contributed by atoms with E-state index in [1.54, 1.807) is 11.8 Å². The molecule has 0 heterocycles. The fourth-order valence-corrected chi connectivity index (χ4v) is 2.83. The highest BCUT2D eigenvalue weighted by Gasteiger charge is 2.30. The maximum Gasteiger partial charge on any atom is 0.410 e. The predicted octanol–water partition coefficient (Wildman–Crippen LogP) is 1.55. The third-order valence-electron chi connectivity index (χ3n) is 2.85. The van der Waals surface area contributed by atoms with Gasteiger partial charge in [-0.2, -0.15) is 0 Å². The van der Waals surface area contributed by atoms with Crippen molar-refractivity contribution in [3.63, 3.8) is 0 Å². The van der Waals surface area contributed by atoms with Crippen molar-refractivity contribution in [2.24, 2.45) is 0 Å². The van der Waals surface area contributed by atoms with Crippen LogP contribution in [0.4, 0.5) is 4.79 Å². The van der Waals surface area contributed by atoms with Crippen LogP contribution in [0.1, 0.15) is 48.5 Å². The Labute approximate surface area is 141 Å².